The monoisotopic (exact) mass is 532 g/mol. The van der Waals surface area contributed by atoms with Gasteiger partial charge in [-0.2, -0.15) is 0 Å². The first kappa shape index (κ1) is 32.4. The van der Waals surface area contributed by atoms with Crippen LogP contribution in [0.25, 0.3) is 6.08 Å². The van der Waals surface area contributed by atoms with Crippen LogP contribution in [0.2, 0.25) is 0 Å². The summed E-state index contributed by atoms with van der Waals surface area (Å²) in [5.41, 5.74) is 1.62. The van der Waals surface area contributed by atoms with Crippen molar-refractivity contribution >= 4 is 24.0 Å². The molecule has 206 valence electrons. The standard InChI is InChI=1S/C30H30O7.C2H6/c1-5-23-11-13-24(14-12-23)30(33)37-26(6-2)17-10-22(4)36-29(32)25-15-18-27(19-16-25)34-20-8-9-21-35-28(31)7-3;1-2/h5-7,10-19H,1-3,8-9,20-21H2,4H3;1-2H3/b22-10+,26-17+;. The van der Waals surface area contributed by atoms with Crippen LogP contribution in [0.4, 0.5) is 0 Å². The molecule has 0 aromatic heterocycles. The predicted molar refractivity (Wildman–Crippen MR) is 153 cm³/mol. The van der Waals surface area contributed by atoms with Crippen molar-refractivity contribution in [2.24, 2.45) is 0 Å². The van der Waals surface area contributed by atoms with Gasteiger partial charge < -0.3 is 18.9 Å². The Bertz CT molecular complexity index is 1170. The number of hydrogen-bond donors (Lipinski definition) is 0. The van der Waals surface area contributed by atoms with Crippen LogP contribution in [0, 0.1) is 0 Å². The van der Waals surface area contributed by atoms with Gasteiger partial charge in [0, 0.05) is 6.08 Å². The lowest BCUT2D eigenvalue weighted by atomic mass is 10.1. The van der Waals surface area contributed by atoms with Crippen LogP contribution in [0.3, 0.4) is 0 Å². The van der Waals surface area contributed by atoms with Gasteiger partial charge in [-0.25, -0.2) is 14.4 Å². The number of carbonyl (C=O) groups is 3. The molecule has 7 heteroatoms. The van der Waals surface area contributed by atoms with Crippen molar-refractivity contribution in [2.45, 2.75) is 33.6 Å². The number of unbranched alkanes of at least 4 members (excludes halogenated alkanes) is 1. The molecule has 0 saturated heterocycles. The average molecular weight is 533 g/mol. The summed E-state index contributed by atoms with van der Waals surface area (Å²) < 4.78 is 21.2. The Balaban J connectivity index is 0.00000371. The van der Waals surface area contributed by atoms with Crippen molar-refractivity contribution in [3.8, 4) is 5.75 Å². The van der Waals surface area contributed by atoms with Gasteiger partial charge in [0.1, 0.15) is 17.3 Å². The van der Waals surface area contributed by atoms with Crippen LogP contribution in [-0.4, -0.2) is 31.1 Å². The largest absolute Gasteiger partial charge is 0.494 e. The number of rotatable bonds is 14. The molecule has 0 saturated carbocycles. The van der Waals surface area contributed by atoms with Crippen LogP contribution in [0.5, 0.6) is 5.75 Å². The Hall–Kier alpha value is -4.65. The maximum atomic E-state index is 12.4. The SMILES string of the molecule is C=CC(=O)OCCCCOc1ccc(C(=O)O/C(C)=C/C=C(\C=C)OC(=O)c2ccc(C=C)cc2)cc1.CC. The van der Waals surface area contributed by atoms with Crippen molar-refractivity contribution in [1.29, 1.82) is 0 Å². The highest BCUT2D eigenvalue weighted by Gasteiger charge is 2.10. The fraction of sp³-hybridized carbons (Fsp3) is 0.219. The topological polar surface area (TPSA) is 88.1 Å². The van der Waals surface area contributed by atoms with Crippen molar-refractivity contribution in [1.82, 2.24) is 0 Å². The Morgan fingerprint density at radius 1 is 0.744 bits per heavy atom. The number of allylic oxidation sites excluding steroid dienone is 4. The van der Waals surface area contributed by atoms with Crippen LogP contribution in [0.15, 0.2) is 104 Å². The van der Waals surface area contributed by atoms with Gasteiger partial charge in [0.2, 0.25) is 0 Å². The smallest absolute Gasteiger partial charge is 0.343 e. The minimum atomic E-state index is -0.544. The molecule has 0 unspecified atom stereocenters. The third-order valence-electron chi connectivity index (χ3n) is 4.84. The number of benzene rings is 2. The van der Waals surface area contributed by atoms with Gasteiger partial charge in [0.25, 0.3) is 0 Å². The van der Waals surface area contributed by atoms with E-state index in [-0.39, 0.29) is 5.76 Å². The normalized spacial score (nSPS) is 10.7. The average Bonchev–Trinajstić information content (AvgIpc) is 2.98. The molecule has 0 radical (unpaired) electrons. The summed E-state index contributed by atoms with van der Waals surface area (Å²) in [6.07, 6.45) is 8.55. The lowest BCUT2D eigenvalue weighted by molar-refractivity contribution is -0.137. The van der Waals surface area contributed by atoms with Crippen LogP contribution < -0.4 is 4.74 Å². The molecule has 39 heavy (non-hydrogen) atoms. The van der Waals surface area contributed by atoms with Crippen molar-refractivity contribution in [3.05, 3.63) is 121 Å². The Kier molecular flexibility index (Phi) is 15.4. The zero-order valence-electron chi connectivity index (χ0n) is 22.8. The summed E-state index contributed by atoms with van der Waals surface area (Å²) >= 11 is 0. The van der Waals surface area contributed by atoms with Gasteiger partial charge >= 0.3 is 17.9 Å². The highest BCUT2D eigenvalue weighted by atomic mass is 16.5. The summed E-state index contributed by atoms with van der Waals surface area (Å²) in [5, 5.41) is 0. The molecule has 0 atom stereocenters. The summed E-state index contributed by atoms with van der Waals surface area (Å²) in [6.45, 7) is 17.0. The fourth-order valence-corrected chi connectivity index (χ4v) is 2.82. The molecule has 0 heterocycles. The summed E-state index contributed by atoms with van der Waals surface area (Å²) in [5.74, 6) is -0.423. The van der Waals surface area contributed by atoms with E-state index in [1.165, 1.54) is 18.2 Å². The molecule has 7 nitrogen and oxygen atoms in total. The molecule has 0 fully saturated rings. The van der Waals surface area contributed by atoms with Gasteiger partial charge in [0.15, 0.2) is 0 Å². The van der Waals surface area contributed by atoms with Gasteiger partial charge in [-0.1, -0.05) is 51.8 Å². The first-order valence-electron chi connectivity index (χ1n) is 12.6. The molecular formula is C32H36O7. The second kappa shape index (κ2) is 18.6. The van der Waals surface area contributed by atoms with Crippen molar-refractivity contribution in [3.63, 3.8) is 0 Å². The summed E-state index contributed by atoms with van der Waals surface area (Å²) in [4.78, 5) is 35.7. The lowest BCUT2D eigenvalue weighted by Crippen LogP contribution is -2.05. The minimum absolute atomic E-state index is 0.202. The fourth-order valence-electron chi connectivity index (χ4n) is 2.82. The van der Waals surface area contributed by atoms with E-state index < -0.39 is 17.9 Å². The zero-order chi connectivity index (χ0) is 29.0. The maximum absolute atomic E-state index is 12.4. The minimum Gasteiger partial charge on any atom is -0.494 e. The van der Waals surface area contributed by atoms with Gasteiger partial charge in [-0.3, -0.25) is 0 Å². The molecule has 0 N–H and O–H groups in total. The summed E-state index contributed by atoms with van der Waals surface area (Å²) in [6, 6.07) is 13.3. The first-order chi connectivity index (χ1) is 18.9. The quantitative estimate of drug-likeness (QED) is 0.0633. The van der Waals surface area contributed by atoms with E-state index in [0.717, 1.165) is 11.6 Å². The maximum Gasteiger partial charge on any atom is 0.343 e. The van der Waals surface area contributed by atoms with E-state index in [9.17, 15) is 14.4 Å². The highest BCUT2D eigenvalue weighted by Crippen LogP contribution is 2.15. The second-order valence-electron chi connectivity index (χ2n) is 7.61. The molecule has 0 bridgehead atoms. The first-order valence-corrected chi connectivity index (χ1v) is 12.6. The van der Waals surface area contributed by atoms with E-state index in [0.29, 0.717) is 48.7 Å². The van der Waals surface area contributed by atoms with E-state index in [1.54, 1.807) is 61.5 Å². The molecule has 0 aliphatic rings. The summed E-state index contributed by atoms with van der Waals surface area (Å²) in [7, 11) is 0. The zero-order valence-corrected chi connectivity index (χ0v) is 22.8. The van der Waals surface area contributed by atoms with Crippen LogP contribution in [-0.2, 0) is 19.0 Å². The molecule has 0 spiro atoms. The van der Waals surface area contributed by atoms with Crippen LogP contribution >= 0.6 is 0 Å². The van der Waals surface area contributed by atoms with E-state index in [4.69, 9.17) is 18.9 Å². The molecular weight excluding hydrogens is 496 g/mol. The van der Waals surface area contributed by atoms with Gasteiger partial charge in [0.05, 0.1) is 24.3 Å². The van der Waals surface area contributed by atoms with E-state index in [2.05, 4.69) is 19.7 Å². The number of ether oxygens (including phenoxy) is 4. The Labute approximate surface area is 230 Å². The van der Waals surface area contributed by atoms with Crippen LogP contribution in [0.1, 0.15) is 59.9 Å². The molecule has 0 aliphatic heterocycles. The molecule has 0 aliphatic carbocycles. The third kappa shape index (κ3) is 12.4. The second-order valence-corrected chi connectivity index (χ2v) is 7.61. The Morgan fingerprint density at radius 3 is 1.87 bits per heavy atom. The van der Waals surface area contributed by atoms with Gasteiger partial charge in [-0.05, 0) is 80.0 Å². The lowest BCUT2D eigenvalue weighted by Gasteiger charge is -2.08. The molecule has 2 aromatic carbocycles. The molecule has 2 rings (SSSR count). The predicted octanol–water partition coefficient (Wildman–Crippen LogP) is 7.23. The number of esters is 3. The molecule has 0 amide bonds. The third-order valence-corrected chi connectivity index (χ3v) is 4.84. The molecule has 2 aromatic rings. The highest BCUT2D eigenvalue weighted by molar-refractivity contribution is 5.91. The van der Waals surface area contributed by atoms with E-state index in [1.807, 2.05) is 13.8 Å². The van der Waals surface area contributed by atoms with Crippen molar-refractivity contribution < 1.29 is 33.3 Å². The number of carbonyl (C=O) groups excluding carboxylic acids is 3. The Morgan fingerprint density at radius 2 is 1.31 bits per heavy atom. The van der Waals surface area contributed by atoms with Gasteiger partial charge in [-0.15, -0.1) is 0 Å². The van der Waals surface area contributed by atoms with E-state index >= 15 is 0 Å². The number of hydrogen-bond acceptors (Lipinski definition) is 7. The van der Waals surface area contributed by atoms with Crippen molar-refractivity contribution in [2.75, 3.05) is 13.2 Å².